The number of ether oxygens (including phenoxy) is 1. The second-order valence-electron chi connectivity index (χ2n) is 6.57. The van der Waals surface area contributed by atoms with Crippen LogP contribution in [0.5, 0.6) is 0 Å². The van der Waals surface area contributed by atoms with E-state index in [2.05, 4.69) is 5.32 Å². The first-order valence-electron chi connectivity index (χ1n) is 8.89. The Morgan fingerprint density at radius 2 is 1.86 bits per heavy atom. The summed E-state index contributed by atoms with van der Waals surface area (Å²) in [5.41, 5.74) is 1.01. The highest BCUT2D eigenvalue weighted by atomic mass is 32.2. The van der Waals surface area contributed by atoms with Crippen LogP contribution in [0.3, 0.4) is 0 Å². The van der Waals surface area contributed by atoms with Gasteiger partial charge in [-0.05, 0) is 43.7 Å². The average Bonchev–Trinajstić information content (AvgIpc) is 2.68. The monoisotopic (exact) mass is 418 g/mol. The average molecular weight is 418 g/mol. The van der Waals surface area contributed by atoms with Gasteiger partial charge < -0.3 is 15.0 Å². The molecule has 0 aliphatic rings. The summed E-state index contributed by atoms with van der Waals surface area (Å²) in [5.74, 6) is -1.61. The molecule has 0 aromatic heterocycles. The molecule has 0 heterocycles. The lowest BCUT2D eigenvalue weighted by atomic mass is 10.2. The summed E-state index contributed by atoms with van der Waals surface area (Å²) in [6, 6.07) is 11.0. The number of hydrogen-bond donors (Lipinski definition) is 1. The predicted molar refractivity (Wildman–Crippen MR) is 111 cm³/mol. The molecule has 1 atom stereocenters. The van der Waals surface area contributed by atoms with E-state index >= 15 is 0 Å². The molecular weight excluding hydrogens is 395 g/mol. The molecule has 2 aromatic carbocycles. The molecule has 8 heteroatoms. The number of carbonyl (C=O) groups is 3. The molecular formula is C21H23FN2O4S. The highest BCUT2D eigenvalue weighted by Crippen LogP contribution is 2.24. The maximum absolute atomic E-state index is 13.6. The molecule has 29 heavy (non-hydrogen) atoms. The zero-order valence-corrected chi connectivity index (χ0v) is 17.5. The Bertz CT molecular complexity index is 917. The van der Waals surface area contributed by atoms with Crippen molar-refractivity contribution in [1.82, 2.24) is 4.90 Å². The minimum atomic E-state index is -1.09. The number of rotatable bonds is 7. The van der Waals surface area contributed by atoms with Crippen LogP contribution >= 0.6 is 11.8 Å². The standard InChI is InChI=1S/C21H23FN2O4S/c1-13-9-10-15(11-17(13)22)23-20(26)14(2)28-21(27)16-7-5-6-8-18(16)29-12-19(25)24(3)4/h5-11,14H,12H2,1-4H3,(H,23,26)/t14-/m0/s1. The molecule has 0 aliphatic carbocycles. The van der Waals surface area contributed by atoms with Gasteiger partial charge in [0.2, 0.25) is 5.91 Å². The molecule has 6 nitrogen and oxygen atoms in total. The van der Waals surface area contributed by atoms with Crippen molar-refractivity contribution in [3.63, 3.8) is 0 Å². The van der Waals surface area contributed by atoms with Crippen molar-refractivity contribution in [1.29, 1.82) is 0 Å². The number of halogens is 1. The van der Waals surface area contributed by atoms with Gasteiger partial charge in [-0.1, -0.05) is 18.2 Å². The summed E-state index contributed by atoms with van der Waals surface area (Å²) >= 11 is 1.22. The van der Waals surface area contributed by atoms with E-state index in [-0.39, 0.29) is 22.9 Å². The molecule has 0 bridgehead atoms. The maximum atomic E-state index is 13.6. The minimum absolute atomic E-state index is 0.0868. The zero-order chi connectivity index (χ0) is 21.6. The van der Waals surface area contributed by atoms with E-state index in [0.717, 1.165) is 0 Å². The first-order valence-corrected chi connectivity index (χ1v) is 9.87. The third kappa shape index (κ3) is 6.32. The Labute approximate surface area is 173 Å². The molecule has 2 aromatic rings. The van der Waals surface area contributed by atoms with Gasteiger partial charge in [0.15, 0.2) is 6.10 Å². The summed E-state index contributed by atoms with van der Waals surface area (Å²) in [5, 5.41) is 2.52. The molecule has 0 saturated heterocycles. The maximum Gasteiger partial charge on any atom is 0.340 e. The van der Waals surface area contributed by atoms with Crippen LogP contribution < -0.4 is 5.32 Å². The topological polar surface area (TPSA) is 75.7 Å². The summed E-state index contributed by atoms with van der Waals surface area (Å²) < 4.78 is 18.9. The van der Waals surface area contributed by atoms with Crippen molar-refractivity contribution in [3.05, 3.63) is 59.4 Å². The van der Waals surface area contributed by atoms with E-state index in [0.29, 0.717) is 10.5 Å². The number of nitrogens with one attached hydrogen (secondary N) is 1. The van der Waals surface area contributed by atoms with Crippen molar-refractivity contribution in [3.8, 4) is 0 Å². The van der Waals surface area contributed by atoms with E-state index in [1.165, 1.54) is 29.7 Å². The first-order chi connectivity index (χ1) is 13.7. The molecule has 0 fully saturated rings. The number of esters is 1. The Kier molecular flexibility index (Phi) is 7.78. The Hall–Kier alpha value is -2.87. The normalized spacial score (nSPS) is 11.5. The Morgan fingerprint density at radius 3 is 2.52 bits per heavy atom. The molecule has 2 rings (SSSR count). The summed E-state index contributed by atoms with van der Waals surface area (Å²) in [6.07, 6.45) is -1.09. The van der Waals surface area contributed by atoms with Crippen molar-refractivity contribution >= 4 is 35.2 Å². The van der Waals surface area contributed by atoms with Gasteiger partial charge in [0.25, 0.3) is 5.91 Å². The molecule has 0 saturated carbocycles. The van der Waals surface area contributed by atoms with E-state index in [9.17, 15) is 18.8 Å². The van der Waals surface area contributed by atoms with E-state index < -0.39 is 23.8 Å². The van der Waals surface area contributed by atoms with Crippen LogP contribution in [0.4, 0.5) is 10.1 Å². The van der Waals surface area contributed by atoms with Crippen LogP contribution in [-0.4, -0.2) is 48.6 Å². The fourth-order valence-electron chi connectivity index (χ4n) is 2.22. The number of amides is 2. The minimum Gasteiger partial charge on any atom is -0.449 e. The second-order valence-corrected chi connectivity index (χ2v) is 7.59. The lowest BCUT2D eigenvalue weighted by molar-refractivity contribution is -0.126. The van der Waals surface area contributed by atoms with Crippen LogP contribution in [0.2, 0.25) is 0 Å². The lowest BCUT2D eigenvalue weighted by Gasteiger charge is -2.15. The number of hydrogen-bond acceptors (Lipinski definition) is 5. The highest BCUT2D eigenvalue weighted by Gasteiger charge is 2.21. The molecule has 154 valence electrons. The van der Waals surface area contributed by atoms with Crippen LogP contribution in [0.1, 0.15) is 22.8 Å². The fraction of sp³-hybridized carbons (Fsp3) is 0.286. The van der Waals surface area contributed by atoms with Gasteiger partial charge in [-0.2, -0.15) is 0 Å². The van der Waals surface area contributed by atoms with Gasteiger partial charge in [-0.15, -0.1) is 11.8 Å². The molecule has 0 spiro atoms. The summed E-state index contributed by atoms with van der Waals surface area (Å²) in [6.45, 7) is 3.05. The summed E-state index contributed by atoms with van der Waals surface area (Å²) in [4.78, 5) is 38.7. The second kappa shape index (κ2) is 10.1. The number of anilines is 1. The van der Waals surface area contributed by atoms with Gasteiger partial charge in [-0.25, -0.2) is 9.18 Å². The number of carbonyl (C=O) groups excluding carboxylic acids is 3. The molecule has 1 N–H and O–H groups in total. The third-order valence-electron chi connectivity index (χ3n) is 4.05. The van der Waals surface area contributed by atoms with Crippen molar-refractivity contribution in [2.24, 2.45) is 0 Å². The number of aryl methyl sites for hydroxylation is 1. The molecule has 0 unspecified atom stereocenters. The van der Waals surface area contributed by atoms with Crippen molar-refractivity contribution in [2.45, 2.75) is 24.8 Å². The lowest BCUT2D eigenvalue weighted by Crippen LogP contribution is -2.30. The van der Waals surface area contributed by atoms with E-state index in [1.54, 1.807) is 57.4 Å². The highest BCUT2D eigenvalue weighted by molar-refractivity contribution is 8.00. The van der Waals surface area contributed by atoms with E-state index in [4.69, 9.17) is 4.74 Å². The number of benzene rings is 2. The Balaban J connectivity index is 2.02. The van der Waals surface area contributed by atoms with Gasteiger partial charge in [-0.3, -0.25) is 9.59 Å². The number of thioether (sulfide) groups is 1. The van der Waals surface area contributed by atoms with Crippen LogP contribution in [-0.2, 0) is 14.3 Å². The zero-order valence-electron chi connectivity index (χ0n) is 16.7. The molecule has 0 radical (unpaired) electrons. The smallest absolute Gasteiger partial charge is 0.340 e. The van der Waals surface area contributed by atoms with Gasteiger partial charge >= 0.3 is 5.97 Å². The summed E-state index contributed by atoms with van der Waals surface area (Å²) in [7, 11) is 3.31. The van der Waals surface area contributed by atoms with Crippen molar-refractivity contribution < 1.29 is 23.5 Å². The van der Waals surface area contributed by atoms with Crippen LogP contribution in [0.25, 0.3) is 0 Å². The fourth-order valence-corrected chi connectivity index (χ4v) is 3.24. The van der Waals surface area contributed by atoms with Gasteiger partial charge in [0.05, 0.1) is 11.3 Å². The van der Waals surface area contributed by atoms with Crippen LogP contribution in [0, 0.1) is 12.7 Å². The van der Waals surface area contributed by atoms with Gasteiger partial charge in [0, 0.05) is 24.7 Å². The van der Waals surface area contributed by atoms with Gasteiger partial charge in [0.1, 0.15) is 5.82 Å². The number of nitrogens with zero attached hydrogens (tertiary/aromatic N) is 1. The molecule has 0 aliphatic heterocycles. The quantitative estimate of drug-likeness (QED) is 0.550. The molecule has 2 amide bonds. The predicted octanol–water partition coefficient (Wildman–Crippen LogP) is 3.50. The Morgan fingerprint density at radius 1 is 1.17 bits per heavy atom. The largest absolute Gasteiger partial charge is 0.449 e. The van der Waals surface area contributed by atoms with Crippen LogP contribution in [0.15, 0.2) is 47.4 Å². The van der Waals surface area contributed by atoms with Crippen molar-refractivity contribution in [2.75, 3.05) is 25.2 Å². The SMILES string of the molecule is Cc1ccc(NC(=O)[C@H](C)OC(=O)c2ccccc2SCC(=O)N(C)C)cc1F. The van der Waals surface area contributed by atoms with E-state index in [1.807, 2.05) is 0 Å². The first kappa shape index (κ1) is 22.4. The third-order valence-corrected chi connectivity index (χ3v) is 5.11.